The van der Waals surface area contributed by atoms with Gasteiger partial charge in [0.1, 0.15) is 37.6 Å². The second kappa shape index (κ2) is 11.4. The van der Waals surface area contributed by atoms with Crippen molar-refractivity contribution in [2.75, 3.05) is 26.4 Å². The van der Waals surface area contributed by atoms with Crippen LogP contribution >= 0.6 is 0 Å². The monoisotopic (exact) mass is 700 g/mol. The topological polar surface area (TPSA) is 145 Å². The molecule has 8 atom stereocenters. The Kier molecular flexibility index (Phi) is 7.81. The van der Waals surface area contributed by atoms with Gasteiger partial charge in [0.2, 0.25) is 11.6 Å². The van der Waals surface area contributed by atoms with Crippen molar-refractivity contribution in [1.82, 2.24) is 0 Å². The lowest BCUT2D eigenvalue weighted by atomic mass is 9.95. The highest BCUT2D eigenvalue weighted by Gasteiger charge is 2.66. The van der Waals surface area contributed by atoms with Crippen molar-refractivity contribution in [3.63, 3.8) is 0 Å². The fourth-order valence-corrected chi connectivity index (χ4v) is 7.88. The minimum absolute atomic E-state index is 0.00335. The van der Waals surface area contributed by atoms with Crippen LogP contribution in [-0.4, -0.2) is 110 Å². The maximum absolute atomic E-state index is 14.3. The number of benzene rings is 2. The molecule has 0 radical (unpaired) electrons. The molecule has 0 aliphatic carbocycles. The van der Waals surface area contributed by atoms with E-state index in [1.165, 1.54) is 0 Å². The van der Waals surface area contributed by atoms with Crippen LogP contribution in [0.5, 0.6) is 0 Å². The smallest absolute Gasteiger partial charge is 0.339 e. The summed E-state index contributed by atoms with van der Waals surface area (Å²) >= 11 is 0. The Labute approximate surface area is 289 Å². The molecule has 0 bridgehead atoms. The van der Waals surface area contributed by atoms with Crippen molar-refractivity contribution >= 4 is 22.7 Å². The summed E-state index contributed by atoms with van der Waals surface area (Å²) in [5.74, 6) is -8.27. The summed E-state index contributed by atoms with van der Waals surface area (Å²) in [5, 5.41) is 0.940. The van der Waals surface area contributed by atoms with Gasteiger partial charge >= 0.3 is 11.9 Å². The highest BCUT2D eigenvalue weighted by atomic mass is 16.9. The molecule has 0 aromatic heterocycles. The lowest BCUT2D eigenvalue weighted by molar-refractivity contribution is -0.325. The summed E-state index contributed by atoms with van der Waals surface area (Å²) in [6.07, 6.45) is -4.63. The van der Waals surface area contributed by atoms with E-state index in [0.717, 1.165) is 0 Å². The SMILES string of the molecule is CC1(C)O[C@@H]2[C@@H](CO[C@]3(COC(C)(C)O3)[C@H]2OC(=O)c2cccc3cccc(C(=O)O[C@H]4[C@@H]5OC(C)(C)O[C@@H]5CO[C@]45COC(C)(C)O5)c23)O1. The van der Waals surface area contributed by atoms with Crippen LogP contribution in [0.15, 0.2) is 36.4 Å². The molecule has 8 rings (SSSR count). The molecule has 0 N–H and O–H groups in total. The molecular formula is C36H44O14. The van der Waals surface area contributed by atoms with E-state index in [9.17, 15) is 9.59 Å². The van der Waals surface area contributed by atoms with Gasteiger partial charge in [0.15, 0.2) is 35.4 Å². The van der Waals surface area contributed by atoms with E-state index in [-0.39, 0.29) is 37.6 Å². The van der Waals surface area contributed by atoms with Gasteiger partial charge < -0.3 is 56.8 Å². The van der Waals surface area contributed by atoms with Crippen LogP contribution in [0.25, 0.3) is 10.8 Å². The number of rotatable bonds is 4. The number of esters is 2. The molecule has 6 saturated heterocycles. The first kappa shape index (κ1) is 34.3. The Morgan fingerprint density at radius 1 is 0.580 bits per heavy atom. The first-order chi connectivity index (χ1) is 23.4. The fraction of sp³-hybridized carbons (Fsp3) is 0.667. The zero-order valence-corrected chi connectivity index (χ0v) is 29.5. The number of ether oxygens (including phenoxy) is 12. The Morgan fingerprint density at radius 3 is 1.38 bits per heavy atom. The maximum Gasteiger partial charge on any atom is 0.339 e. The summed E-state index contributed by atoms with van der Waals surface area (Å²) < 4.78 is 73.9. The number of hydrogen-bond acceptors (Lipinski definition) is 14. The highest BCUT2D eigenvalue weighted by molar-refractivity contribution is 6.13. The van der Waals surface area contributed by atoms with Crippen LogP contribution in [0, 0.1) is 0 Å². The Balaban J connectivity index is 1.13. The second-order valence-corrected chi connectivity index (χ2v) is 15.5. The van der Waals surface area contributed by atoms with Gasteiger partial charge in [-0.1, -0.05) is 24.3 Å². The quantitative estimate of drug-likeness (QED) is 0.425. The summed E-state index contributed by atoms with van der Waals surface area (Å²) in [6.45, 7) is 14.5. The first-order valence-electron chi connectivity index (χ1n) is 17.0. The summed E-state index contributed by atoms with van der Waals surface area (Å²) in [6, 6.07) is 10.2. The van der Waals surface area contributed by atoms with Gasteiger partial charge in [0.05, 0.1) is 24.3 Å². The molecule has 2 spiro atoms. The van der Waals surface area contributed by atoms with Gasteiger partial charge in [-0.2, -0.15) is 0 Å². The molecule has 6 aliphatic rings. The Hall–Kier alpha value is -2.76. The maximum atomic E-state index is 14.3. The zero-order valence-electron chi connectivity index (χ0n) is 29.5. The Bertz CT molecular complexity index is 1580. The molecule has 6 heterocycles. The van der Waals surface area contributed by atoms with Crippen LogP contribution < -0.4 is 0 Å². The summed E-state index contributed by atoms with van der Waals surface area (Å²) in [5.41, 5.74) is 0.249. The summed E-state index contributed by atoms with van der Waals surface area (Å²) in [4.78, 5) is 28.6. The van der Waals surface area contributed by atoms with E-state index in [2.05, 4.69) is 0 Å². The molecule has 272 valence electrons. The number of hydrogen-bond donors (Lipinski definition) is 0. The van der Waals surface area contributed by atoms with Gasteiger partial charge in [-0.3, -0.25) is 0 Å². The predicted octanol–water partition coefficient (Wildman–Crippen LogP) is 3.95. The van der Waals surface area contributed by atoms with Crippen molar-refractivity contribution in [3.8, 4) is 0 Å². The molecule has 0 amide bonds. The highest BCUT2D eigenvalue weighted by Crippen LogP contribution is 2.47. The molecule has 0 saturated carbocycles. The van der Waals surface area contributed by atoms with Gasteiger partial charge in [0, 0.05) is 5.39 Å². The second-order valence-electron chi connectivity index (χ2n) is 15.5. The van der Waals surface area contributed by atoms with Crippen LogP contribution in [-0.2, 0) is 56.8 Å². The van der Waals surface area contributed by atoms with Crippen LogP contribution in [0.1, 0.15) is 76.1 Å². The average Bonchev–Trinajstić information content (AvgIpc) is 3.74. The van der Waals surface area contributed by atoms with E-state index in [0.29, 0.717) is 10.8 Å². The predicted molar refractivity (Wildman–Crippen MR) is 170 cm³/mol. The molecule has 0 unspecified atom stereocenters. The Morgan fingerprint density at radius 2 is 1.00 bits per heavy atom. The van der Waals surface area contributed by atoms with E-state index in [4.69, 9.17) is 56.8 Å². The van der Waals surface area contributed by atoms with Crippen LogP contribution in [0.2, 0.25) is 0 Å². The van der Waals surface area contributed by atoms with Crippen LogP contribution in [0.3, 0.4) is 0 Å². The van der Waals surface area contributed by atoms with Crippen molar-refractivity contribution in [1.29, 1.82) is 0 Å². The molecular weight excluding hydrogens is 656 g/mol. The van der Waals surface area contributed by atoms with Gasteiger partial charge in [-0.15, -0.1) is 0 Å². The molecule has 6 fully saturated rings. The molecule has 14 heteroatoms. The largest absolute Gasteiger partial charge is 0.450 e. The first-order valence-corrected chi connectivity index (χ1v) is 17.0. The average molecular weight is 701 g/mol. The number of carbonyl (C=O) groups is 2. The molecule has 14 nitrogen and oxygen atoms in total. The fourth-order valence-electron chi connectivity index (χ4n) is 7.88. The van der Waals surface area contributed by atoms with Gasteiger partial charge in [0.25, 0.3) is 0 Å². The van der Waals surface area contributed by atoms with Crippen LogP contribution in [0.4, 0.5) is 0 Å². The molecule has 2 aromatic rings. The van der Waals surface area contributed by atoms with E-state index in [1.807, 2.05) is 0 Å². The van der Waals surface area contributed by atoms with E-state index in [1.54, 1.807) is 91.8 Å². The number of carbonyl (C=O) groups excluding carboxylic acids is 2. The van der Waals surface area contributed by atoms with Crippen molar-refractivity contribution in [2.45, 2.75) is 127 Å². The normalized spacial score (nSPS) is 39.0. The minimum Gasteiger partial charge on any atom is -0.450 e. The van der Waals surface area contributed by atoms with Crippen molar-refractivity contribution in [2.24, 2.45) is 0 Å². The van der Waals surface area contributed by atoms with Gasteiger partial charge in [-0.05, 0) is 72.9 Å². The van der Waals surface area contributed by atoms with Gasteiger partial charge in [-0.25, -0.2) is 9.59 Å². The van der Waals surface area contributed by atoms with Crippen molar-refractivity contribution in [3.05, 3.63) is 47.5 Å². The van der Waals surface area contributed by atoms with E-state index < -0.39 is 83.3 Å². The molecule has 6 aliphatic heterocycles. The zero-order chi connectivity index (χ0) is 35.5. The lowest BCUT2D eigenvalue weighted by Crippen LogP contribution is -2.63. The minimum atomic E-state index is -1.45. The van der Waals surface area contributed by atoms with E-state index >= 15 is 0 Å². The molecule has 50 heavy (non-hydrogen) atoms. The standard InChI is InChI=1S/C36H44O14/c1-31(2)41-17-35(49-31)27(25-22(15-39-35)45-33(5,6)47-25)43-29(37)20-13-9-11-19-12-10-14-21(24(19)20)30(38)44-28-26-23(46-34(7,8)48-26)16-40-36(28)18-42-32(3,4)50-36/h9-14,22-23,25-28H,15-18H2,1-8H3/t22-,23-,25-,26-,27+,28+,35+,36+/m1/s1. The lowest BCUT2D eigenvalue weighted by Gasteiger charge is -2.43. The molecule has 2 aromatic carbocycles. The summed E-state index contributed by atoms with van der Waals surface area (Å²) in [7, 11) is 0. The van der Waals surface area contributed by atoms with Crippen molar-refractivity contribution < 1.29 is 66.4 Å². The third kappa shape index (κ3) is 5.83. The third-order valence-corrected chi connectivity index (χ3v) is 9.78. The third-order valence-electron chi connectivity index (χ3n) is 9.78. The number of fused-ring (bicyclic) bond motifs is 3.